The minimum absolute atomic E-state index is 0.0404. The summed E-state index contributed by atoms with van der Waals surface area (Å²) in [6, 6.07) is 11.6. The zero-order chi connectivity index (χ0) is 23.5. The summed E-state index contributed by atoms with van der Waals surface area (Å²) < 4.78 is 21.4. The summed E-state index contributed by atoms with van der Waals surface area (Å²) in [5, 5.41) is 3.02. The van der Waals surface area contributed by atoms with Crippen molar-refractivity contribution in [3.63, 3.8) is 0 Å². The van der Waals surface area contributed by atoms with E-state index in [2.05, 4.69) is 30.1 Å². The van der Waals surface area contributed by atoms with E-state index in [1.54, 1.807) is 46.6 Å². The van der Waals surface area contributed by atoms with Crippen LogP contribution in [0.1, 0.15) is 31.0 Å². The Kier molecular flexibility index (Phi) is 9.88. The summed E-state index contributed by atoms with van der Waals surface area (Å²) in [6.07, 6.45) is 3.23. The highest BCUT2D eigenvalue weighted by Gasteiger charge is 2.19. The van der Waals surface area contributed by atoms with E-state index in [4.69, 9.17) is 18.9 Å². The number of carbonyl (C=O) groups is 1. The highest BCUT2D eigenvalue weighted by Crippen LogP contribution is 2.38. The molecule has 0 spiro atoms. The van der Waals surface area contributed by atoms with E-state index < -0.39 is 0 Å². The molecule has 0 aromatic heterocycles. The van der Waals surface area contributed by atoms with Gasteiger partial charge in [0.15, 0.2) is 11.5 Å². The SMILES string of the molecule is CCN(CC)C(CNC(=O)C=Cc1cc(OC)c(OC)c(OC)c1)c1cccc(OC)c1. The Labute approximate surface area is 190 Å². The van der Waals surface area contributed by atoms with Gasteiger partial charge in [-0.3, -0.25) is 9.69 Å². The first-order valence-electron chi connectivity index (χ1n) is 10.6. The molecule has 0 saturated heterocycles. The van der Waals surface area contributed by atoms with E-state index in [9.17, 15) is 4.79 Å². The van der Waals surface area contributed by atoms with E-state index >= 15 is 0 Å². The molecule has 1 N–H and O–H groups in total. The van der Waals surface area contributed by atoms with Gasteiger partial charge in [-0.05, 0) is 54.6 Å². The normalized spacial score (nSPS) is 12.0. The van der Waals surface area contributed by atoms with Crippen molar-refractivity contribution in [3.05, 3.63) is 53.6 Å². The summed E-state index contributed by atoms with van der Waals surface area (Å²) in [5.41, 5.74) is 1.87. The molecule has 0 radical (unpaired) electrons. The number of benzene rings is 2. The van der Waals surface area contributed by atoms with Crippen LogP contribution in [-0.2, 0) is 4.79 Å². The molecule has 1 atom stereocenters. The summed E-state index contributed by atoms with van der Waals surface area (Å²) in [6.45, 7) is 6.45. The second-order valence-electron chi connectivity index (χ2n) is 7.05. The van der Waals surface area contributed by atoms with Gasteiger partial charge in [-0.25, -0.2) is 0 Å². The first-order valence-corrected chi connectivity index (χ1v) is 10.6. The third kappa shape index (κ3) is 6.40. The standard InChI is InChI=1S/C25H34N2O5/c1-7-27(8-2)21(19-10-9-11-20(16-19)29-3)17-26-24(28)13-12-18-14-22(30-4)25(32-6)23(15-18)31-5/h9-16,21H,7-8,17H2,1-6H3,(H,26,28). The van der Waals surface area contributed by atoms with Crippen molar-refractivity contribution < 1.29 is 23.7 Å². The van der Waals surface area contributed by atoms with Gasteiger partial charge in [0.05, 0.1) is 34.5 Å². The van der Waals surface area contributed by atoms with Crippen molar-refractivity contribution in [2.24, 2.45) is 0 Å². The lowest BCUT2D eigenvalue weighted by Crippen LogP contribution is -2.37. The number of amides is 1. The Morgan fingerprint density at radius 1 is 0.969 bits per heavy atom. The van der Waals surface area contributed by atoms with Crippen LogP contribution in [-0.4, -0.2) is 58.9 Å². The number of nitrogens with one attached hydrogen (secondary N) is 1. The van der Waals surface area contributed by atoms with Crippen molar-refractivity contribution in [2.75, 3.05) is 48.1 Å². The van der Waals surface area contributed by atoms with Crippen LogP contribution in [0.4, 0.5) is 0 Å². The number of methoxy groups -OCH3 is 4. The predicted molar refractivity (Wildman–Crippen MR) is 127 cm³/mol. The van der Waals surface area contributed by atoms with Gasteiger partial charge < -0.3 is 24.3 Å². The Morgan fingerprint density at radius 3 is 2.16 bits per heavy atom. The Morgan fingerprint density at radius 2 is 1.62 bits per heavy atom. The molecule has 7 heteroatoms. The number of carbonyl (C=O) groups excluding carboxylic acids is 1. The Balaban J connectivity index is 2.15. The zero-order valence-corrected chi connectivity index (χ0v) is 19.8. The van der Waals surface area contributed by atoms with Crippen molar-refractivity contribution in [2.45, 2.75) is 19.9 Å². The lowest BCUT2D eigenvalue weighted by molar-refractivity contribution is -0.116. The first-order chi connectivity index (χ1) is 15.5. The molecule has 0 fully saturated rings. The van der Waals surface area contributed by atoms with Crippen LogP contribution in [0.2, 0.25) is 0 Å². The van der Waals surface area contributed by atoms with E-state index in [0.717, 1.165) is 30.0 Å². The average molecular weight is 443 g/mol. The van der Waals surface area contributed by atoms with Gasteiger partial charge in [-0.1, -0.05) is 26.0 Å². The van der Waals surface area contributed by atoms with Crippen LogP contribution >= 0.6 is 0 Å². The van der Waals surface area contributed by atoms with E-state index in [0.29, 0.717) is 23.8 Å². The fraction of sp³-hybridized carbons (Fsp3) is 0.400. The highest BCUT2D eigenvalue weighted by molar-refractivity contribution is 5.92. The number of hydrogen-bond donors (Lipinski definition) is 1. The number of rotatable bonds is 12. The van der Waals surface area contributed by atoms with Gasteiger partial charge in [0, 0.05) is 12.6 Å². The molecular weight excluding hydrogens is 408 g/mol. The van der Waals surface area contributed by atoms with Gasteiger partial charge >= 0.3 is 0 Å². The van der Waals surface area contributed by atoms with Crippen LogP contribution in [0, 0.1) is 0 Å². The summed E-state index contributed by atoms with van der Waals surface area (Å²) >= 11 is 0. The molecule has 0 aliphatic carbocycles. The summed E-state index contributed by atoms with van der Waals surface area (Å²) in [7, 11) is 6.33. The predicted octanol–water partition coefficient (Wildman–Crippen LogP) is 3.93. The number of ether oxygens (including phenoxy) is 4. The summed E-state index contributed by atoms with van der Waals surface area (Å²) in [5.74, 6) is 2.20. The van der Waals surface area contributed by atoms with Gasteiger partial charge in [-0.2, -0.15) is 0 Å². The third-order valence-corrected chi connectivity index (χ3v) is 5.32. The molecule has 0 bridgehead atoms. The van der Waals surface area contributed by atoms with Crippen molar-refractivity contribution in [3.8, 4) is 23.0 Å². The molecule has 32 heavy (non-hydrogen) atoms. The van der Waals surface area contributed by atoms with Crippen LogP contribution < -0.4 is 24.3 Å². The Hall–Kier alpha value is -3.19. The molecule has 2 aromatic rings. The first kappa shape index (κ1) is 25.1. The maximum atomic E-state index is 12.6. The summed E-state index contributed by atoms with van der Waals surface area (Å²) in [4.78, 5) is 14.9. The number of hydrogen-bond acceptors (Lipinski definition) is 6. The molecule has 174 valence electrons. The molecule has 2 aromatic carbocycles. The molecule has 1 unspecified atom stereocenters. The molecule has 0 aliphatic heterocycles. The molecule has 0 saturated carbocycles. The van der Waals surface area contributed by atoms with Crippen LogP contribution in [0.5, 0.6) is 23.0 Å². The van der Waals surface area contributed by atoms with E-state index in [1.807, 2.05) is 18.2 Å². The van der Waals surface area contributed by atoms with Crippen molar-refractivity contribution in [1.29, 1.82) is 0 Å². The number of likely N-dealkylation sites (N-methyl/N-ethyl adjacent to an activating group) is 1. The minimum atomic E-state index is -0.182. The molecule has 1 amide bonds. The average Bonchev–Trinajstić information content (AvgIpc) is 2.84. The van der Waals surface area contributed by atoms with Crippen LogP contribution in [0.3, 0.4) is 0 Å². The maximum Gasteiger partial charge on any atom is 0.244 e. The van der Waals surface area contributed by atoms with Crippen molar-refractivity contribution >= 4 is 12.0 Å². The van der Waals surface area contributed by atoms with Crippen LogP contribution in [0.15, 0.2) is 42.5 Å². The fourth-order valence-corrected chi connectivity index (χ4v) is 3.60. The minimum Gasteiger partial charge on any atom is -0.497 e. The molecule has 7 nitrogen and oxygen atoms in total. The third-order valence-electron chi connectivity index (χ3n) is 5.32. The topological polar surface area (TPSA) is 69.3 Å². The quantitative estimate of drug-likeness (QED) is 0.502. The van der Waals surface area contributed by atoms with Gasteiger partial charge in [-0.15, -0.1) is 0 Å². The van der Waals surface area contributed by atoms with Gasteiger partial charge in [0.25, 0.3) is 0 Å². The monoisotopic (exact) mass is 442 g/mol. The second-order valence-corrected chi connectivity index (χ2v) is 7.05. The lowest BCUT2D eigenvalue weighted by Gasteiger charge is -2.30. The molecular formula is C25H34N2O5. The smallest absolute Gasteiger partial charge is 0.244 e. The van der Waals surface area contributed by atoms with E-state index in [-0.39, 0.29) is 11.9 Å². The molecule has 0 heterocycles. The van der Waals surface area contributed by atoms with Crippen molar-refractivity contribution in [1.82, 2.24) is 10.2 Å². The lowest BCUT2D eigenvalue weighted by atomic mass is 10.0. The zero-order valence-electron chi connectivity index (χ0n) is 19.8. The largest absolute Gasteiger partial charge is 0.497 e. The molecule has 2 rings (SSSR count). The number of nitrogens with zero attached hydrogens (tertiary/aromatic N) is 1. The highest BCUT2D eigenvalue weighted by atomic mass is 16.5. The maximum absolute atomic E-state index is 12.6. The van der Waals surface area contributed by atoms with Gasteiger partial charge in [0.2, 0.25) is 11.7 Å². The Bertz CT molecular complexity index is 884. The van der Waals surface area contributed by atoms with Gasteiger partial charge in [0.1, 0.15) is 5.75 Å². The van der Waals surface area contributed by atoms with Crippen LogP contribution in [0.25, 0.3) is 6.08 Å². The molecule has 0 aliphatic rings. The van der Waals surface area contributed by atoms with E-state index in [1.165, 1.54) is 6.08 Å². The fourth-order valence-electron chi connectivity index (χ4n) is 3.60. The second kappa shape index (κ2) is 12.6.